The van der Waals surface area contributed by atoms with Crippen molar-refractivity contribution in [2.24, 2.45) is 0 Å². The van der Waals surface area contributed by atoms with Gasteiger partial charge >= 0.3 is 0 Å². The van der Waals surface area contributed by atoms with E-state index in [0.717, 1.165) is 28.5 Å². The van der Waals surface area contributed by atoms with E-state index in [1.54, 1.807) is 19.1 Å². The van der Waals surface area contributed by atoms with Gasteiger partial charge in [-0.05, 0) is 37.3 Å². The summed E-state index contributed by atoms with van der Waals surface area (Å²) in [5, 5.41) is 9.19. The maximum Gasteiger partial charge on any atom is 0.266 e. The van der Waals surface area contributed by atoms with Crippen molar-refractivity contribution >= 4 is 34.3 Å². The van der Waals surface area contributed by atoms with Gasteiger partial charge in [0, 0.05) is 11.1 Å². The molecule has 8 heteroatoms. The Balaban J connectivity index is 2.37. The molecule has 2 aromatic carbocycles. The van der Waals surface area contributed by atoms with Gasteiger partial charge < -0.3 is 0 Å². The number of aromatic nitrogens is 2. The third kappa shape index (κ3) is 3.36. The SMILES string of the molecule is CC(C#N)Sc1nc2ccc(Cl)cc2c(=O)n1-c1ccc(F)cc1F. The molecule has 0 aliphatic rings. The maximum absolute atomic E-state index is 14.3. The number of hydrogen-bond acceptors (Lipinski definition) is 4. The zero-order valence-corrected chi connectivity index (χ0v) is 14.4. The second kappa shape index (κ2) is 6.82. The summed E-state index contributed by atoms with van der Waals surface area (Å²) in [5.41, 5.74) is -0.320. The lowest BCUT2D eigenvalue weighted by Crippen LogP contribution is -2.23. The molecule has 0 bridgehead atoms. The largest absolute Gasteiger partial charge is 0.268 e. The van der Waals surface area contributed by atoms with E-state index < -0.39 is 22.4 Å². The molecule has 1 heterocycles. The summed E-state index contributed by atoms with van der Waals surface area (Å²) in [4.78, 5) is 17.3. The number of hydrogen-bond donors (Lipinski definition) is 0. The molecule has 0 fully saturated rings. The van der Waals surface area contributed by atoms with Crippen molar-refractivity contribution in [2.75, 3.05) is 0 Å². The van der Waals surface area contributed by atoms with Crippen LogP contribution in [0.25, 0.3) is 16.6 Å². The summed E-state index contributed by atoms with van der Waals surface area (Å²) in [7, 11) is 0. The van der Waals surface area contributed by atoms with Crippen LogP contribution in [0.4, 0.5) is 8.78 Å². The van der Waals surface area contributed by atoms with E-state index in [1.165, 1.54) is 6.07 Å². The molecule has 0 radical (unpaired) electrons. The first-order valence-electron chi connectivity index (χ1n) is 7.14. The number of benzene rings is 2. The summed E-state index contributed by atoms with van der Waals surface area (Å²) in [6, 6.07) is 9.52. The Morgan fingerprint density at radius 3 is 2.72 bits per heavy atom. The molecule has 0 aliphatic heterocycles. The van der Waals surface area contributed by atoms with Gasteiger partial charge in [0.1, 0.15) is 11.6 Å². The summed E-state index contributed by atoms with van der Waals surface area (Å²) in [6.07, 6.45) is 0. The first kappa shape index (κ1) is 17.4. The normalized spacial score (nSPS) is 12.1. The van der Waals surface area contributed by atoms with Crippen molar-refractivity contribution in [3.8, 4) is 11.8 Å². The monoisotopic (exact) mass is 377 g/mol. The van der Waals surface area contributed by atoms with Crippen LogP contribution in [-0.4, -0.2) is 14.8 Å². The Kier molecular flexibility index (Phi) is 4.75. The van der Waals surface area contributed by atoms with E-state index in [1.807, 2.05) is 6.07 Å². The van der Waals surface area contributed by atoms with Crippen molar-refractivity contribution in [3.63, 3.8) is 0 Å². The van der Waals surface area contributed by atoms with E-state index >= 15 is 0 Å². The average molecular weight is 378 g/mol. The fourth-order valence-corrected chi connectivity index (χ4v) is 3.25. The summed E-state index contributed by atoms with van der Waals surface area (Å²) < 4.78 is 28.5. The predicted octanol–water partition coefficient (Wildman–Crippen LogP) is 4.32. The Hall–Kier alpha value is -2.43. The highest BCUT2D eigenvalue weighted by molar-refractivity contribution is 8.00. The Labute approximate surface area is 150 Å². The lowest BCUT2D eigenvalue weighted by atomic mass is 10.2. The number of nitriles is 1. The van der Waals surface area contributed by atoms with Crippen molar-refractivity contribution in [2.45, 2.75) is 17.3 Å². The van der Waals surface area contributed by atoms with Crippen LogP contribution in [-0.2, 0) is 0 Å². The molecule has 126 valence electrons. The molecule has 3 aromatic rings. The van der Waals surface area contributed by atoms with Crippen LogP contribution < -0.4 is 5.56 Å². The lowest BCUT2D eigenvalue weighted by Gasteiger charge is -2.14. The summed E-state index contributed by atoms with van der Waals surface area (Å²) in [6.45, 7) is 1.63. The van der Waals surface area contributed by atoms with E-state index in [4.69, 9.17) is 16.9 Å². The summed E-state index contributed by atoms with van der Waals surface area (Å²) >= 11 is 6.95. The molecule has 4 nitrogen and oxygen atoms in total. The van der Waals surface area contributed by atoms with Gasteiger partial charge in [-0.15, -0.1) is 0 Å². The van der Waals surface area contributed by atoms with Crippen LogP contribution in [0.5, 0.6) is 0 Å². The van der Waals surface area contributed by atoms with Crippen LogP contribution >= 0.6 is 23.4 Å². The molecule has 3 rings (SSSR count). The predicted molar refractivity (Wildman–Crippen MR) is 93.2 cm³/mol. The minimum Gasteiger partial charge on any atom is -0.268 e. The maximum atomic E-state index is 14.3. The Morgan fingerprint density at radius 1 is 1.28 bits per heavy atom. The number of nitrogens with zero attached hydrogens (tertiary/aromatic N) is 3. The van der Waals surface area contributed by atoms with Crippen LogP contribution in [0.2, 0.25) is 5.02 Å². The zero-order chi connectivity index (χ0) is 18.1. The molecule has 0 saturated heterocycles. The molecule has 0 spiro atoms. The van der Waals surface area contributed by atoms with Gasteiger partial charge in [-0.25, -0.2) is 13.8 Å². The lowest BCUT2D eigenvalue weighted by molar-refractivity contribution is 0.572. The first-order valence-corrected chi connectivity index (χ1v) is 8.40. The van der Waals surface area contributed by atoms with Gasteiger partial charge in [-0.1, -0.05) is 23.4 Å². The van der Waals surface area contributed by atoms with Gasteiger partial charge in [-0.2, -0.15) is 5.26 Å². The fourth-order valence-electron chi connectivity index (χ4n) is 2.28. The molecule has 25 heavy (non-hydrogen) atoms. The van der Waals surface area contributed by atoms with Gasteiger partial charge in [0.2, 0.25) is 0 Å². The molecule has 1 atom stereocenters. The van der Waals surface area contributed by atoms with Crippen molar-refractivity contribution in [1.29, 1.82) is 5.26 Å². The highest BCUT2D eigenvalue weighted by atomic mass is 35.5. The second-order valence-corrected chi connectivity index (χ2v) is 6.93. The van der Waals surface area contributed by atoms with E-state index in [-0.39, 0.29) is 16.2 Å². The molecule has 0 saturated carbocycles. The van der Waals surface area contributed by atoms with E-state index in [9.17, 15) is 13.6 Å². The van der Waals surface area contributed by atoms with Gasteiger partial charge in [0.15, 0.2) is 5.16 Å². The fraction of sp³-hybridized carbons (Fsp3) is 0.118. The van der Waals surface area contributed by atoms with Crippen LogP contribution in [0.3, 0.4) is 0 Å². The highest BCUT2D eigenvalue weighted by Gasteiger charge is 2.18. The summed E-state index contributed by atoms with van der Waals surface area (Å²) in [5.74, 6) is -1.66. The smallest absolute Gasteiger partial charge is 0.266 e. The first-order chi connectivity index (χ1) is 11.9. The third-order valence-electron chi connectivity index (χ3n) is 3.41. The van der Waals surface area contributed by atoms with Crippen LogP contribution in [0.1, 0.15) is 6.92 Å². The van der Waals surface area contributed by atoms with Gasteiger partial charge in [-0.3, -0.25) is 9.36 Å². The number of thioether (sulfide) groups is 1. The van der Waals surface area contributed by atoms with Crippen molar-refractivity contribution in [3.05, 3.63) is 63.4 Å². The highest BCUT2D eigenvalue weighted by Crippen LogP contribution is 2.26. The molecule has 0 amide bonds. The molecular weight excluding hydrogens is 368 g/mol. The molecule has 0 N–H and O–H groups in total. The minimum atomic E-state index is -0.906. The quantitative estimate of drug-likeness (QED) is 0.503. The molecule has 1 aromatic heterocycles. The number of halogens is 3. The zero-order valence-electron chi connectivity index (χ0n) is 12.8. The Bertz CT molecular complexity index is 1080. The van der Waals surface area contributed by atoms with Gasteiger partial charge in [0.25, 0.3) is 5.56 Å². The average Bonchev–Trinajstić information content (AvgIpc) is 2.57. The van der Waals surface area contributed by atoms with E-state index in [0.29, 0.717) is 16.6 Å². The topological polar surface area (TPSA) is 58.7 Å². The third-order valence-corrected chi connectivity index (χ3v) is 4.59. The van der Waals surface area contributed by atoms with Crippen molar-refractivity contribution in [1.82, 2.24) is 9.55 Å². The Morgan fingerprint density at radius 2 is 2.04 bits per heavy atom. The minimum absolute atomic E-state index is 0.138. The molecule has 1 unspecified atom stereocenters. The second-order valence-electron chi connectivity index (χ2n) is 5.18. The van der Waals surface area contributed by atoms with Crippen molar-refractivity contribution < 1.29 is 8.78 Å². The molecule has 0 aliphatic carbocycles. The van der Waals surface area contributed by atoms with Crippen LogP contribution in [0, 0.1) is 23.0 Å². The number of rotatable bonds is 3. The van der Waals surface area contributed by atoms with Gasteiger partial charge in [0.05, 0.1) is 27.9 Å². The standard InChI is InChI=1S/C17H10ClF2N3OS/c1-9(8-21)25-17-22-14-4-2-10(18)6-12(14)16(24)23(17)15-5-3-11(19)7-13(15)20/h2-7,9H,1H3. The van der Waals surface area contributed by atoms with Crippen LogP contribution in [0.15, 0.2) is 46.3 Å². The van der Waals surface area contributed by atoms with E-state index in [2.05, 4.69) is 4.98 Å². The molecular formula is C17H10ClF2N3OS. The number of fused-ring (bicyclic) bond motifs is 1.